The van der Waals surface area contributed by atoms with Crippen LogP contribution in [0.5, 0.6) is 0 Å². The van der Waals surface area contributed by atoms with Gasteiger partial charge in [-0.05, 0) is 78.6 Å². The normalized spacial score (nSPS) is 35.3. The molecule has 5 heterocycles. The average Bonchev–Trinajstić information content (AvgIpc) is 2.47. The number of alkyl carbamates (subject to hydrolysis) is 2. The Morgan fingerprint density at radius 3 is 1.56 bits per heavy atom. The fraction of sp³-hybridized carbons (Fsp3) is 0.565. The summed E-state index contributed by atoms with van der Waals surface area (Å²) in [6.45, 7) is 0.302. The predicted octanol–water partition coefficient (Wildman–Crippen LogP) is 6.38. The third kappa shape index (κ3) is 15.1. The highest BCUT2D eigenvalue weighted by atomic mass is 19.3. The van der Waals surface area contributed by atoms with Gasteiger partial charge >= 0.3 is 12.2 Å². The van der Waals surface area contributed by atoms with Gasteiger partial charge in [-0.25, -0.2) is 18.4 Å². The lowest BCUT2D eigenvalue weighted by Gasteiger charge is -2.51. The molecule has 10 rings (SSSR count). The van der Waals surface area contributed by atoms with Gasteiger partial charge in [0.15, 0.2) is 18.9 Å². The number of nitrogens with one attached hydrogen (secondary N) is 2. The van der Waals surface area contributed by atoms with E-state index in [1.807, 2.05) is 60.7 Å². The number of aliphatic hydroxyl groups is 5. The molecule has 2 unspecified atom stereocenters. The zero-order valence-corrected chi connectivity index (χ0v) is 48.0. The van der Waals surface area contributed by atoms with Crippen molar-refractivity contribution in [3.05, 3.63) is 154 Å². The summed E-state index contributed by atoms with van der Waals surface area (Å²) < 4.78 is 93.7. The van der Waals surface area contributed by atoms with E-state index in [4.69, 9.17) is 52.9 Å². The summed E-state index contributed by atoms with van der Waals surface area (Å²) in [6.07, 6.45) is -22.8. The first-order valence-electron chi connectivity index (χ1n) is 29.5. The number of hydrogen-bond donors (Lipinski definition) is 7. The highest BCUT2D eigenvalue weighted by Gasteiger charge is 2.58. The van der Waals surface area contributed by atoms with Crippen LogP contribution in [-0.4, -0.2) is 167 Å². The second-order valence-corrected chi connectivity index (χ2v) is 23.2. The van der Waals surface area contributed by atoms with E-state index < -0.39 is 178 Å². The van der Waals surface area contributed by atoms with Gasteiger partial charge in [-0.1, -0.05) is 133 Å². The minimum atomic E-state index is -3.75. The summed E-state index contributed by atoms with van der Waals surface area (Å²) in [5.41, 5.74) is 11.9. The molecule has 5 saturated heterocycles. The van der Waals surface area contributed by atoms with Crippen LogP contribution in [0, 0.1) is 17.8 Å². The Bertz CT molecular complexity index is 2930. The molecule has 2 amide bonds. The second-order valence-electron chi connectivity index (χ2n) is 23.2. The molecule has 1 saturated carbocycles. The van der Waals surface area contributed by atoms with Crippen LogP contribution in [0.1, 0.15) is 86.8 Å². The first-order chi connectivity index (χ1) is 42.0. The molecular weight excluding hydrogens is 1140 g/mol. The van der Waals surface area contributed by atoms with Crippen LogP contribution in [0.2, 0.25) is 0 Å². The molecule has 5 aliphatic heterocycles. The van der Waals surface area contributed by atoms with E-state index in [1.54, 1.807) is 67.6 Å². The van der Waals surface area contributed by atoms with Crippen molar-refractivity contribution in [3.8, 4) is 0 Å². The smallest absolute Gasteiger partial charge is 0.407 e. The average molecular weight is 1220 g/mol. The van der Waals surface area contributed by atoms with E-state index >= 15 is 8.78 Å². The van der Waals surface area contributed by atoms with E-state index in [0.717, 1.165) is 18.1 Å². The van der Waals surface area contributed by atoms with Gasteiger partial charge in [-0.2, -0.15) is 0 Å². The monoisotopic (exact) mass is 1220 g/mol. The number of carbonyl (C=O) groups is 3. The molecule has 25 heteroatoms. The fourth-order valence-electron chi connectivity index (χ4n) is 12.6. The molecule has 87 heavy (non-hydrogen) atoms. The Hall–Kier alpha value is -6.26. The van der Waals surface area contributed by atoms with Gasteiger partial charge < -0.3 is 83.5 Å². The minimum Gasteiger partial charge on any atom is -0.445 e. The number of ketones is 1. The number of benzene rings is 4. The van der Waals surface area contributed by atoms with Crippen molar-refractivity contribution in [3.63, 3.8) is 0 Å². The lowest BCUT2D eigenvalue weighted by Crippen LogP contribution is -2.67. The third-order valence-electron chi connectivity index (χ3n) is 17.4. The van der Waals surface area contributed by atoms with Gasteiger partial charge in [0.1, 0.15) is 79.9 Å². The van der Waals surface area contributed by atoms with Gasteiger partial charge in [0, 0.05) is 11.3 Å². The Kier molecular flexibility index (Phi) is 21.2. The summed E-state index contributed by atoms with van der Waals surface area (Å²) in [5.74, 6) is -8.54. The Labute approximate surface area is 501 Å². The van der Waals surface area contributed by atoms with Crippen molar-refractivity contribution < 1.29 is 96.1 Å². The topological polar surface area (TPSA) is 317 Å². The molecule has 470 valence electrons. The summed E-state index contributed by atoms with van der Waals surface area (Å²) in [6, 6.07) is 33.7. The van der Waals surface area contributed by atoms with Crippen LogP contribution in [0.4, 0.5) is 18.4 Å². The van der Waals surface area contributed by atoms with E-state index in [2.05, 4.69) is 20.7 Å². The molecule has 0 radical (unpaired) electrons. The fourth-order valence-corrected chi connectivity index (χ4v) is 12.6. The summed E-state index contributed by atoms with van der Waals surface area (Å²) >= 11 is 0. The molecule has 6 aliphatic rings. The largest absolute Gasteiger partial charge is 0.445 e. The quantitative estimate of drug-likeness (QED) is 0.0270. The van der Waals surface area contributed by atoms with Crippen molar-refractivity contribution >= 4 is 18.0 Å². The van der Waals surface area contributed by atoms with Crippen molar-refractivity contribution in [1.82, 2.24) is 10.6 Å². The van der Waals surface area contributed by atoms with Crippen LogP contribution in [0.3, 0.4) is 0 Å². The van der Waals surface area contributed by atoms with E-state index in [1.165, 1.54) is 0 Å². The molecule has 7 N–H and O–H groups in total. The molecule has 22 atom stereocenters. The van der Waals surface area contributed by atoms with Crippen molar-refractivity contribution in [1.29, 1.82) is 0 Å². The van der Waals surface area contributed by atoms with Gasteiger partial charge in [0.05, 0.1) is 55.7 Å². The molecule has 0 spiro atoms. The van der Waals surface area contributed by atoms with Crippen LogP contribution >= 0.6 is 0 Å². The lowest BCUT2D eigenvalue weighted by atomic mass is 9.73. The van der Waals surface area contributed by atoms with Crippen LogP contribution in [0.25, 0.3) is 10.4 Å². The maximum absolute atomic E-state index is 15.3. The number of azide groups is 1. The minimum absolute atomic E-state index is 0.0486. The molecule has 6 fully saturated rings. The van der Waals surface area contributed by atoms with Gasteiger partial charge in [-0.3, -0.25) is 4.79 Å². The zero-order chi connectivity index (χ0) is 61.4. The van der Waals surface area contributed by atoms with Crippen molar-refractivity contribution in [2.75, 3.05) is 13.2 Å². The second kappa shape index (κ2) is 28.9. The number of halogens is 2. The number of rotatable bonds is 21. The highest BCUT2D eigenvalue weighted by molar-refractivity contribution is 5.82. The number of fused-ring (bicyclic) bond motifs is 2. The maximum Gasteiger partial charge on any atom is 0.407 e. The van der Waals surface area contributed by atoms with Gasteiger partial charge in [-0.15, -0.1) is 0 Å². The molecule has 4 aromatic rings. The number of amides is 2. The number of aliphatic hydroxyl groups excluding tert-OH is 5. The summed E-state index contributed by atoms with van der Waals surface area (Å²) in [7, 11) is 0. The highest BCUT2D eigenvalue weighted by Crippen LogP contribution is 2.45. The zero-order valence-electron chi connectivity index (χ0n) is 48.0. The Morgan fingerprint density at radius 1 is 0.632 bits per heavy atom. The lowest BCUT2D eigenvalue weighted by molar-refractivity contribution is -0.330. The Balaban J connectivity index is 0.916. The number of Topliss-reactive ketones (excluding diaryl/α,β-unsaturated/α-hetero) is 1. The molecule has 0 aromatic heterocycles. The van der Waals surface area contributed by atoms with E-state index in [0.29, 0.717) is 36.8 Å². The standard InChI is InChI=1S/C62H75F2N5O18/c1-33-27-39(28-40(71)34(2)62(63,64)32-66-69-65)48(72)56(52(33)85-57-46(67-60(76)78-30-35-15-7-3-8-16-35)49(73)53-43(82-57)25-23-41(80-53)37-19-11-5-12-20-37)87-59-51(75)55(45(29-70)84-59)86-58-47(68-61(77)79-31-36-17-9-4-10-18-36)50(74)54-44(83-58)26-24-42(81-54)38-21-13-6-14-22-38/h3-22,33-34,39,41-59,70,72-75H,23-32H2,1-2H3,(H,67,76)(H,68,77)/t33-,34+,39-,41?,42?,43+,44-,45+,46+,47+,48-,49-,50+,51+,52+,53+,54+,55+,56+,57+,58+,59-/m0/s1. The molecule has 4 aromatic carbocycles. The van der Waals surface area contributed by atoms with Gasteiger partial charge in [0.25, 0.3) is 5.92 Å². The van der Waals surface area contributed by atoms with Crippen molar-refractivity contribution in [2.45, 2.75) is 188 Å². The molecule has 1 aliphatic carbocycles. The first kappa shape index (κ1) is 63.7. The Morgan fingerprint density at radius 2 is 1.09 bits per heavy atom. The van der Waals surface area contributed by atoms with Crippen LogP contribution in [0.15, 0.2) is 126 Å². The van der Waals surface area contributed by atoms with Crippen molar-refractivity contribution in [2.24, 2.45) is 22.9 Å². The predicted molar refractivity (Wildman–Crippen MR) is 300 cm³/mol. The molecular formula is C62H75F2N5O18. The third-order valence-corrected chi connectivity index (χ3v) is 17.4. The number of carbonyl (C=O) groups excluding carboxylic acids is 3. The summed E-state index contributed by atoms with van der Waals surface area (Å²) in [5, 5.41) is 68.6. The van der Waals surface area contributed by atoms with Crippen LogP contribution in [-0.2, 0) is 65.4 Å². The number of hydrogen-bond acceptors (Lipinski definition) is 19. The van der Waals surface area contributed by atoms with E-state index in [9.17, 15) is 39.9 Å². The maximum atomic E-state index is 15.3. The van der Waals surface area contributed by atoms with Gasteiger partial charge in [0.2, 0.25) is 0 Å². The molecule has 0 bridgehead atoms. The number of alkyl halides is 2. The SMILES string of the molecule is C[C@H](C(=O)C[C@@H]1C[C@H](C)[C@@H](O[C@H]2O[C@@H]3CCC(c4ccccc4)O[C@H]3[C@@H](O)[C@H]2NC(=O)OCc2ccccc2)[C@H](O[C@@H]2O[C@H](CO)[C@@H](O[C@H]3O[C@H]4CCC(c5ccccc5)O[C@H]4[C@H](O)[C@H]3NC(=O)OCc3ccccc3)[C@H]2O)[C@H]1O)C(F)(F)CN=[N+]=[N-]. The van der Waals surface area contributed by atoms with E-state index in [-0.39, 0.29) is 19.6 Å². The first-order valence-corrected chi connectivity index (χ1v) is 29.5. The summed E-state index contributed by atoms with van der Waals surface area (Å²) in [4.78, 5) is 43.5. The van der Waals surface area contributed by atoms with Crippen LogP contribution < -0.4 is 10.6 Å². The molecule has 23 nitrogen and oxygen atoms in total. The number of ether oxygens (including phenoxy) is 10. The number of nitrogens with zero attached hydrogens (tertiary/aromatic N) is 3.